The number of hydrogen-bond donors (Lipinski definition) is 1. The number of halogens is 4. The van der Waals surface area contributed by atoms with Crippen LogP contribution in [0.5, 0.6) is 0 Å². The minimum atomic E-state index is -4.60. The quantitative estimate of drug-likeness (QED) is 0.885. The highest BCUT2D eigenvalue weighted by atomic mass is 79.9. The standard InChI is InChI=1S/C14H11BrF3NO2/c1-8-2-4-10(21-8)7-19-13(20)11-5-3-9(15)6-12(11)14(16,17)18/h2-6H,7H2,1H3,(H,19,20). The van der Waals surface area contributed by atoms with Crippen LogP contribution in [0.15, 0.2) is 39.2 Å². The van der Waals surface area contributed by atoms with Crippen molar-refractivity contribution in [3.05, 3.63) is 57.5 Å². The van der Waals surface area contributed by atoms with E-state index in [1.807, 2.05) is 0 Å². The molecule has 0 bridgehead atoms. The normalized spacial score (nSPS) is 11.5. The molecule has 0 radical (unpaired) electrons. The predicted molar refractivity (Wildman–Crippen MR) is 73.8 cm³/mol. The summed E-state index contributed by atoms with van der Waals surface area (Å²) >= 11 is 2.97. The summed E-state index contributed by atoms with van der Waals surface area (Å²) in [6.07, 6.45) is -4.60. The molecule has 2 aromatic rings. The maximum absolute atomic E-state index is 12.9. The Morgan fingerprint density at radius 3 is 2.57 bits per heavy atom. The van der Waals surface area contributed by atoms with Crippen LogP contribution >= 0.6 is 15.9 Å². The lowest BCUT2D eigenvalue weighted by molar-refractivity contribution is -0.138. The van der Waals surface area contributed by atoms with E-state index in [4.69, 9.17) is 4.42 Å². The van der Waals surface area contributed by atoms with Crippen LogP contribution < -0.4 is 5.32 Å². The van der Waals surface area contributed by atoms with Crippen molar-refractivity contribution in [2.75, 3.05) is 0 Å². The van der Waals surface area contributed by atoms with Crippen molar-refractivity contribution in [2.45, 2.75) is 19.6 Å². The van der Waals surface area contributed by atoms with Gasteiger partial charge in [-0.3, -0.25) is 4.79 Å². The lowest BCUT2D eigenvalue weighted by atomic mass is 10.1. The molecule has 0 aliphatic heterocycles. The van der Waals surface area contributed by atoms with Gasteiger partial charge < -0.3 is 9.73 Å². The van der Waals surface area contributed by atoms with Crippen molar-refractivity contribution >= 4 is 21.8 Å². The molecule has 0 atom stereocenters. The number of carbonyl (C=O) groups is 1. The number of carbonyl (C=O) groups excluding carboxylic acids is 1. The number of furan rings is 1. The molecule has 1 aromatic heterocycles. The fraction of sp³-hybridized carbons (Fsp3) is 0.214. The third kappa shape index (κ3) is 3.87. The molecule has 1 amide bonds. The Labute approximate surface area is 127 Å². The monoisotopic (exact) mass is 361 g/mol. The van der Waals surface area contributed by atoms with Crippen LogP contribution in [0.3, 0.4) is 0 Å². The van der Waals surface area contributed by atoms with Crippen molar-refractivity contribution in [3.63, 3.8) is 0 Å². The molecule has 3 nitrogen and oxygen atoms in total. The van der Waals surface area contributed by atoms with Gasteiger partial charge >= 0.3 is 6.18 Å². The SMILES string of the molecule is Cc1ccc(CNC(=O)c2ccc(Br)cc2C(F)(F)F)o1. The first-order chi connectivity index (χ1) is 9.77. The number of benzene rings is 1. The molecule has 1 N–H and O–H groups in total. The van der Waals surface area contributed by atoms with Gasteiger partial charge in [-0.15, -0.1) is 0 Å². The first kappa shape index (κ1) is 15.6. The number of hydrogen-bond acceptors (Lipinski definition) is 2. The summed E-state index contributed by atoms with van der Waals surface area (Å²) in [5.74, 6) is 0.342. The minimum Gasteiger partial charge on any atom is -0.465 e. The molecule has 0 unspecified atom stereocenters. The van der Waals surface area contributed by atoms with Crippen molar-refractivity contribution < 1.29 is 22.4 Å². The Hall–Kier alpha value is -1.76. The lowest BCUT2D eigenvalue weighted by Gasteiger charge is -2.13. The molecule has 0 fully saturated rings. The smallest absolute Gasteiger partial charge is 0.417 e. The summed E-state index contributed by atoms with van der Waals surface area (Å²) in [5, 5.41) is 2.41. The second-order valence-electron chi connectivity index (χ2n) is 4.38. The Kier molecular flexibility index (Phi) is 4.41. The summed E-state index contributed by atoms with van der Waals surface area (Å²) in [5.41, 5.74) is -1.40. The maximum atomic E-state index is 12.9. The topological polar surface area (TPSA) is 42.2 Å². The van der Waals surface area contributed by atoms with Gasteiger partial charge in [-0.2, -0.15) is 13.2 Å². The second-order valence-corrected chi connectivity index (χ2v) is 5.30. The highest BCUT2D eigenvalue weighted by molar-refractivity contribution is 9.10. The molecule has 7 heteroatoms. The second kappa shape index (κ2) is 5.93. The molecule has 2 rings (SSSR count). The average molecular weight is 362 g/mol. The van der Waals surface area contributed by atoms with Crippen LogP contribution in [0.4, 0.5) is 13.2 Å². The molecule has 1 aromatic carbocycles. The van der Waals surface area contributed by atoms with Gasteiger partial charge in [-0.05, 0) is 37.3 Å². The van der Waals surface area contributed by atoms with Crippen LogP contribution in [0.1, 0.15) is 27.4 Å². The largest absolute Gasteiger partial charge is 0.465 e. The van der Waals surface area contributed by atoms with Crippen molar-refractivity contribution in [3.8, 4) is 0 Å². The fourth-order valence-electron chi connectivity index (χ4n) is 1.79. The summed E-state index contributed by atoms with van der Waals surface area (Å²) in [6.45, 7) is 1.77. The average Bonchev–Trinajstić information content (AvgIpc) is 2.81. The Balaban J connectivity index is 2.19. The summed E-state index contributed by atoms with van der Waals surface area (Å²) in [6, 6.07) is 6.77. The van der Waals surface area contributed by atoms with Crippen LogP contribution in [0, 0.1) is 6.92 Å². The van der Waals surface area contributed by atoms with E-state index in [0.717, 1.165) is 12.1 Å². The van der Waals surface area contributed by atoms with E-state index >= 15 is 0 Å². The van der Waals surface area contributed by atoms with Crippen molar-refractivity contribution in [2.24, 2.45) is 0 Å². The van der Waals surface area contributed by atoms with Crippen LogP contribution in [-0.4, -0.2) is 5.91 Å². The van der Waals surface area contributed by atoms with Gasteiger partial charge in [0.15, 0.2) is 0 Å². The van der Waals surface area contributed by atoms with Gasteiger partial charge in [-0.25, -0.2) is 0 Å². The summed E-state index contributed by atoms with van der Waals surface area (Å²) < 4.78 is 44.3. The minimum absolute atomic E-state index is 0.0278. The molecule has 0 aliphatic carbocycles. The molecule has 0 saturated heterocycles. The van der Waals surface area contributed by atoms with Gasteiger partial charge in [0.2, 0.25) is 0 Å². The zero-order valence-corrected chi connectivity index (χ0v) is 12.5. The summed E-state index contributed by atoms with van der Waals surface area (Å²) in [7, 11) is 0. The molecule has 1 heterocycles. The van der Waals surface area contributed by atoms with Gasteiger partial charge in [0.25, 0.3) is 5.91 Å². The Morgan fingerprint density at radius 1 is 1.29 bits per heavy atom. The van der Waals surface area contributed by atoms with E-state index in [2.05, 4.69) is 21.2 Å². The molecular weight excluding hydrogens is 351 g/mol. The first-order valence-corrected chi connectivity index (χ1v) is 6.77. The third-order valence-corrected chi connectivity index (χ3v) is 3.24. The lowest BCUT2D eigenvalue weighted by Crippen LogP contribution is -2.25. The Morgan fingerprint density at radius 2 is 2.00 bits per heavy atom. The number of aryl methyl sites for hydroxylation is 1. The maximum Gasteiger partial charge on any atom is 0.417 e. The molecule has 0 aliphatic rings. The zero-order valence-electron chi connectivity index (χ0n) is 10.9. The molecule has 0 saturated carbocycles. The van der Waals surface area contributed by atoms with Gasteiger partial charge in [0, 0.05) is 4.47 Å². The fourth-order valence-corrected chi connectivity index (χ4v) is 2.15. The molecule has 112 valence electrons. The van der Waals surface area contributed by atoms with Crippen LogP contribution in [-0.2, 0) is 12.7 Å². The predicted octanol–water partition coefficient (Wildman–Crippen LogP) is 4.30. The molecule has 0 spiro atoms. The van der Waals surface area contributed by atoms with Crippen molar-refractivity contribution in [1.82, 2.24) is 5.32 Å². The van der Waals surface area contributed by atoms with E-state index < -0.39 is 23.2 Å². The van der Waals surface area contributed by atoms with Crippen LogP contribution in [0.2, 0.25) is 0 Å². The number of amides is 1. The van der Waals surface area contributed by atoms with Gasteiger partial charge in [0.1, 0.15) is 11.5 Å². The first-order valence-electron chi connectivity index (χ1n) is 5.97. The molecular formula is C14H11BrF3NO2. The van der Waals surface area contributed by atoms with E-state index in [1.165, 1.54) is 6.07 Å². The highest BCUT2D eigenvalue weighted by Crippen LogP contribution is 2.33. The molecule has 21 heavy (non-hydrogen) atoms. The van der Waals surface area contributed by atoms with Gasteiger partial charge in [0.05, 0.1) is 17.7 Å². The third-order valence-electron chi connectivity index (χ3n) is 2.75. The Bertz CT molecular complexity index is 664. The van der Waals surface area contributed by atoms with Gasteiger partial charge in [-0.1, -0.05) is 15.9 Å². The zero-order chi connectivity index (χ0) is 15.6. The van der Waals surface area contributed by atoms with Crippen LogP contribution in [0.25, 0.3) is 0 Å². The van der Waals surface area contributed by atoms with Crippen molar-refractivity contribution in [1.29, 1.82) is 0 Å². The van der Waals surface area contributed by atoms with E-state index in [0.29, 0.717) is 11.5 Å². The van der Waals surface area contributed by atoms with E-state index in [9.17, 15) is 18.0 Å². The van der Waals surface area contributed by atoms with E-state index in [-0.39, 0.29) is 11.0 Å². The van der Waals surface area contributed by atoms with E-state index in [1.54, 1.807) is 19.1 Å². The number of alkyl halides is 3. The highest BCUT2D eigenvalue weighted by Gasteiger charge is 2.35. The number of nitrogens with one attached hydrogen (secondary N) is 1. The number of rotatable bonds is 3. The summed E-state index contributed by atoms with van der Waals surface area (Å²) in [4.78, 5) is 11.9.